The highest BCUT2D eigenvalue weighted by molar-refractivity contribution is 5.69. The van der Waals surface area contributed by atoms with Crippen LogP contribution in [0.2, 0.25) is 0 Å². The molecule has 1 aliphatic heterocycles. The van der Waals surface area contributed by atoms with E-state index in [1.54, 1.807) is 12.1 Å². The van der Waals surface area contributed by atoms with Crippen LogP contribution in [0.3, 0.4) is 0 Å². The molecule has 0 amide bonds. The number of hydrogen-bond acceptors (Lipinski definition) is 7. The number of anilines is 2. The second-order valence-electron chi connectivity index (χ2n) is 6.49. The van der Waals surface area contributed by atoms with E-state index in [-0.39, 0.29) is 23.1 Å². The van der Waals surface area contributed by atoms with E-state index < -0.39 is 4.92 Å². The van der Waals surface area contributed by atoms with Gasteiger partial charge in [-0.15, -0.1) is 0 Å². The van der Waals surface area contributed by atoms with Crippen LogP contribution in [-0.4, -0.2) is 46.0 Å². The third kappa shape index (κ3) is 5.33. The van der Waals surface area contributed by atoms with Gasteiger partial charge in [0.2, 0.25) is 11.6 Å². The molecule has 0 aliphatic carbocycles. The largest absolute Gasteiger partial charge is 0.363 e. The van der Waals surface area contributed by atoms with Crippen molar-refractivity contribution in [3.05, 3.63) is 52.1 Å². The highest BCUT2D eigenvalue weighted by Crippen LogP contribution is 2.29. The Morgan fingerprint density at radius 3 is 2.41 bits per heavy atom. The zero-order chi connectivity index (χ0) is 19.1. The molecule has 0 bridgehead atoms. The maximum atomic E-state index is 13.0. The Labute approximate surface area is 157 Å². The fourth-order valence-corrected chi connectivity index (χ4v) is 3.11. The zero-order valence-corrected chi connectivity index (χ0v) is 15.0. The smallest absolute Gasteiger partial charge is 0.353 e. The summed E-state index contributed by atoms with van der Waals surface area (Å²) < 4.78 is 13.0. The Hall–Kier alpha value is -2.81. The molecular formula is C18H23FN6O2. The van der Waals surface area contributed by atoms with E-state index >= 15 is 0 Å². The summed E-state index contributed by atoms with van der Waals surface area (Å²) in [6, 6.07) is 5.93. The van der Waals surface area contributed by atoms with Crippen LogP contribution in [0.5, 0.6) is 0 Å². The summed E-state index contributed by atoms with van der Waals surface area (Å²) in [5.74, 6) is 0.0142. The number of nitro groups is 1. The average Bonchev–Trinajstić information content (AvgIpc) is 2.68. The molecule has 1 fully saturated rings. The summed E-state index contributed by atoms with van der Waals surface area (Å²) in [5, 5.41) is 17.6. The quantitative estimate of drug-likeness (QED) is 0.541. The van der Waals surface area contributed by atoms with Gasteiger partial charge in [0.15, 0.2) is 0 Å². The van der Waals surface area contributed by atoms with Crippen molar-refractivity contribution in [2.75, 3.05) is 36.8 Å². The summed E-state index contributed by atoms with van der Waals surface area (Å²) in [4.78, 5) is 21.4. The zero-order valence-electron chi connectivity index (χ0n) is 15.0. The predicted molar refractivity (Wildman–Crippen MR) is 101 cm³/mol. The lowest BCUT2D eigenvalue weighted by molar-refractivity contribution is -0.383. The number of likely N-dealkylation sites (tertiary alicyclic amines) is 1. The summed E-state index contributed by atoms with van der Waals surface area (Å²) in [7, 11) is 0. The van der Waals surface area contributed by atoms with Crippen molar-refractivity contribution in [3.8, 4) is 0 Å². The average molecular weight is 374 g/mol. The van der Waals surface area contributed by atoms with Crippen LogP contribution in [0.25, 0.3) is 0 Å². The molecule has 1 aliphatic rings. The van der Waals surface area contributed by atoms with Crippen molar-refractivity contribution in [2.45, 2.75) is 25.8 Å². The van der Waals surface area contributed by atoms with Crippen LogP contribution < -0.4 is 10.6 Å². The maximum absolute atomic E-state index is 13.0. The molecule has 27 heavy (non-hydrogen) atoms. The fraction of sp³-hybridized carbons (Fsp3) is 0.444. The Morgan fingerprint density at radius 1 is 1.07 bits per heavy atom. The van der Waals surface area contributed by atoms with Gasteiger partial charge in [0.1, 0.15) is 12.1 Å². The van der Waals surface area contributed by atoms with Gasteiger partial charge in [0.05, 0.1) is 4.92 Å². The van der Waals surface area contributed by atoms with Gasteiger partial charge in [-0.05, 0) is 43.6 Å². The highest BCUT2D eigenvalue weighted by atomic mass is 19.1. The van der Waals surface area contributed by atoms with Crippen LogP contribution in [0.15, 0.2) is 30.6 Å². The predicted octanol–water partition coefficient (Wildman–Crippen LogP) is 3.03. The van der Waals surface area contributed by atoms with E-state index in [2.05, 4.69) is 25.5 Å². The molecule has 2 N–H and O–H groups in total. The Balaban J connectivity index is 1.64. The molecule has 1 aromatic heterocycles. The van der Waals surface area contributed by atoms with E-state index in [0.29, 0.717) is 13.1 Å². The Morgan fingerprint density at radius 2 is 1.74 bits per heavy atom. The lowest BCUT2D eigenvalue weighted by atomic mass is 10.1. The van der Waals surface area contributed by atoms with E-state index in [9.17, 15) is 14.5 Å². The SMILES string of the molecule is O=[N+]([O-])c1c(NCCN2CCCCC2)ncnc1NCc1ccc(F)cc1. The molecule has 9 heteroatoms. The molecule has 0 atom stereocenters. The van der Waals surface area contributed by atoms with Crippen LogP contribution >= 0.6 is 0 Å². The van der Waals surface area contributed by atoms with Gasteiger partial charge < -0.3 is 15.5 Å². The number of nitrogens with zero attached hydrogens (tertiary/aromatic N) is 4. The minimum atomic E-state index is -0.490. The van der Waals surface area contributed by atoms with Gasteiger partial charge in [0.25, 0.3) is 0 Å². The second kappa shape index (κ2) is 9.22. The Bertz CT molecular complexity index is 765. The number of benzene rings is 1. The number of nitrogens with one attached hydrogen (secondary N) is 2. The molecule has 0 unspecified atom stereocenters. The van der Waals surface area contributed by atoms with Crippen molar-refractivity contribution >= 4 is 17.3 Å². The number of piperidine rings is 1. The van der Waals surface area contributed by atoms with Crippen molar-refractivity contribution in [3.63, 3.8) is 0 Å². The molecule has 1 saturated heterocycles. The molecule has 3 rings (SSSR count). The first-order valence-electron chi connectivity index (χ1n) is 9.07. The standard InChI is InChI=1S/C18H23FN6O2/c19-15-6-4-14(5-7-15)12-21-18-16(25(26)27)17(22-13-23-18)20-8-11-24-9-2-1-3-10-24/h4-7,13H,1-3,8-12H2,(H2,20,21,22,23). The maximum Gasteiger partial charge on any atom is 0.353 e. The van der Waals surface area contributed by atoms with E-state index in [1.807, 2.05) is 0 Å². The topological polar surface area (TPSA) is 96.2 Å². The van der Waals surface area contributed by atoms with Crippen LogP contribution in [0.1, 0.15) is 24.8 Å². The van der Waals surface area contributed by atoms with Crippen LogP contribution in [-0.2, 0) is 6.54 Å². The lowest BCUT2D eigenvalue weighted by Gasteiger charge is -2.26. The lowest BCUT2D eigenvalue weighted by Crippen LogP contribution is -2.33. The third-order valence-corrected chi connectivity index (χ3v) is 4.55. The van der Waals surface area contributed by atoms with E-state index in [0.717, 1.165) is 25.2 Å². The van der Waals surface area contributed by atoms with Gasteiger partial charge in [0, 0.05) is 19.6 Å². The van der Waals surface area contributed by atoms with Gasteiger partial charge in [-0.25, -0.2) is 14.4 Å². The Kier molecular flexibility index (Phi) is 6.48. The molecule has 0 spiro atoms. The number of aromatic nitrogens is 2. The van der Waals surface area contributed by atoms with Crippen molar-refractivity contribution in [1.29, 1.82) is 0 Å². The minimum absolute atomic E-state index is 0.139. The van der Waals surface area contributed by atoms with Crippen LogP contribution in [0.4, 0.5) is 21.7 Å². The number of halogens is 1. The van der Waals surface area contributed by atoms with Crippen molar-refractivity contribution < 1.29 is 9.31 Å². The van der Waals surface area contributed by atoms with E-state index in [1.165, 1.54) is 37.7 Å². The summed E-state index contributed by atoms with van der Waals surface area (Å²) in [6.45, 7) is 3.83. The van der Waals surface area contributed by atoms with Crippen LogP contribution in [0, 0.1) is 15.9 Å². The first-order chi connectivity index (χ1) is 13.1. The summed E-state index contributed by atoms with van der Waals surface area (Å²) in [6.07, 6.45) is 4.96. The number of rotatable bonds is 8. The van der Waals surface area contributed by atoms with Gasteiger partial charge >= 0.3 is 5.69 Å². The monoisotopic (exact) mass is 374 g/mol. The highest BCUT2D eigenvalue weighted by Gasteiger charge is 2.23. The summed E-state index contributed by atoms with van der Waals surface area (Å²) in [5.41, 5.74) is 0.613. The second-order valence-corrected chi connectivity index (χ2v) is 6.49. The van der Waals surface area contributed by atoms with Gasteiger partial charge in [-0.1, -0.05) is 18.6 Å². The third-order valence-electron chi connectivity index (χ3n) is 4.55. The normalized spacial score (nSPS) is 14.7. The molecule has 2 heterocycles. The molecule has 2 aromatic rings. The molecule has 8 nitrogen and oxygen atoms in total. The van der Waals surface area contributed by atoms with Gasteiger partial charge in [-0.3, -0.25) is 10.1 Å². The first-order valence-corrected chi connectivity index (χ1v) is 9.07. The first kappa shape index (κ1) is 19.0. The van der Waals surface area contributed by atoms with Crippen molar-refractivity contribution in [1.82, 2.24) is 14.9 Å². The van der Waals surface area contributed by atoms with Gasteiger partial charge in [-0.2, -0.15) is 0 Å². The molecular weight excluding hydrogens is 351 g/mol. The van der Waals surface area contributed by atoms with E-state index in [4.69, 9.17) is 0 Å². The number of hydrogen-bond donors (Lipinski definition) is 2. The minimum Gasteiger partial charge on any atom is -0.363 e. The molecule has 0 radical (unpaired) electrons. The summed E-state index contributed by atoms with van der Waals surface area (Å²) >= 11 is 0. The van der Waals surface area contributed by atoms with Crippen molar-refractivity contribution in [2.24, 2.45) is 0 Å². The molecule has 144 valence electrons. The fourth-order valence-electron chi connectivity index (χ4n) is 3.11. The molecule has 1 aromatic carbocycles. The molecule has 0 saturated carbocycles.